The van der Waals surface area contributed by atoms with Crippen LogP contribution in [-0.2, 0) is 9.53 Å². The molecule has 5 heteroatoms. The van der Waals surface area contributed by atoms with Crippen LogP contribution in [0.3, 0.4) is 0 Å². The molecule has 1 rings (SSSR count). The fourth-order valence-corrected chi connectivity index (χ4v) is 1.46. The first-order valence-electron chi connectivity index (χ1n) is 5.97. The van der Waals surface area contributed by atoms with Gasteiger partial charge in [-0.15, -0.1) is 0 Å². The molecule has 104 valence electrons. The van der Waals surface area contributed by atoms with Gasteiger partial charge in [-0.25, -0.2) is 4.79 Å². The van der Waals surface area contributed by atoms with Gasteiger partial charge < -0.3 is 15.2 Å². The van der Waals surface area contributed by atoms with Gasteiger partial charge in [0.15, 0.2) is 0 Å². The molecule has 1 aromatic rings. The minimum absolute atomic E-state index is 0.0385. The normalized spacial score (nSPS) is 11.2. The van der Waals surface area contributed by atoms with Crippen LogP contribution < -0.4 is 5.32 Å². The highest BCUT2D eigenvalue weighted by atomic mass is 16.5. The predicted octanol–water partition coefficient (Wildman–Crippen LogP) is 2.45. The molecular weight excluding hydrogens is 246 g/mol. The van der Waals surface area contributed by atoms with Gasteiger partial charge in [0.2, 0.25) is 5.91 Å². The molecule has 0 aliphatic rings. The Bertz CT molecular complexity index is 489. The van der Waals surface area contributed by atoms with E-state index in [-0.39, 0.29) is 23.7 Å². The molecule has 1 aromatic carbocycles. The fourth-order valence-electron chi connectivity index (χ4n) is 1.46. The number of amides is 1. The number of aryl methyl sites for hydroxylation is 1. The lowest BCUT2D eigenvalue weighted by molar-refractivity contribution is -0.125. The Morgan fingerprint density at radius 2 is 1.95 bits per heavy atom. The maximum Gasteiger partial charge on any atom is 0.335 e. The zero-order valence-corrected chi connectivity index (χ0v) is 11.6. The highest BCUT2D eigenvalue weighted by molar-refractivity contribution is 5.94. The van der Waals surface area contributed by atoms with Crippen LogP contribution in [0.15, 0.2) is 18.2 Å². The number of nitrogens with one attached hydrogen (secondary N) is 1. The van der Waals surface area contributed by atoms with Gasteiger partial charge in [0, 0.05) is 5.69 Å². The van der Waals surface area contributed by atoms with E-state index < -0.39 is 5.97 Å². The minimum Gasteiger partial charge on any atom is -0.478 e. The topological polar surface area (TPSA) is 75.6 Å². The average Bonchev–Trinajstić information content (AvgIpc) is 2.25. The SMILES string of the molecule is Cc1cc(NC(=O)COC(C)(C)C)ccc1C(=O)O. The first-order chi connectivity index (χ1) is 8.69. The Hall–Kier alpha value is -1.88. The number of hydrogen-bond donors (Lipinski definition) is 2. The molecule has 19 heavy (non-hydrogen) atoms. The molecule has 5 nitrogen and oxygen atoms in total. The van der Waals surface area contributed by atoms with Crippen LogP contribution in [0.25, 0.3) is 0 Å². The number of rotatable bonds is 4. The lowest BCUT2D eigenvalue weighted by Crippen LogP contribution is -2.27. The second kappa shape index (κ2) is 5.84. The van der Waals surface area contributed by atoms with Gasteiger partial charge in [-0.2, -0.15) is 0 Å². The molecular formula is C14H19NO4. The van der Waals surface area contributed by atoms with Crippen molar-refractivity contribution in [1.82, 2.24) is 0 Å². The van der Waals surface area contributed by atoms with E-state index in [1.807, 2.05) is 20.8 Å². The zero-order valence-electron chi connectivity index (χ0n) is 11.6. The van der Waals surface area contributed by atoms with Crippen LogP contribution in [0.4, 0.5) is 5.69 Å². The molecule has 0 saturated carbocycles. The van der Waals surface area contributed by atoms with Crippen molar-refractivity contribution in [1.29, 1.82) is 0 Å². The molecule has 0 aliphatic carbocycles. The number of carbonyl (C=O) groups excluding carboxylic acids is 1. The molecule has 0 aromatic heterocycles. The van der Waals surface area contributed by atoms with Crippen LogP contribution in [0, 0.1) is 6.92 Å². The van der Waals surface area contributed by atoms with Gasteiger partial charge in [-0.05, 0) is 51.5 Å². The average molecular weight is 265 g/mol. The third-order valence-corrected chi connectivity index (χ3v) is 2.38. The smallest absolute Gasteiger partial charge is 0.335 e. The Morgan fingerprint density at radius 1 is 1.32 bits per heavy atom. The number of hydrogen-bond acceptors (Lipinski definition) is 3. The number of aromatic carboxylic acids is 1. The summed E-state index contributed by atoms with van der Waals surface area (Å²) in [6.07, 6.45) is 0. The lowest BCUT2D eigenvalue weighted by Gasteiger charge is -2.19. The number of carbonyl (C=O) groups is 2. The third kappa shape index (κ3) is 5.09. The largest absolute Gasteiger partial charge is 0.478 e. The Kier molecular flexibility index (Phi) is 4.67. The highest BCUT2D eigenvalue weighted by Crippen LogP contribution is 2.15. The summed E-state index contributed by atoms with van der Waals surface area (Å²) >= 11 is 0. The molecule has 0 atom stereocenters. The number of anilines is 1. The molecule has 2 N–H and O–H groups in total. The molecule has 1 amide bonds. The molecule has 0 bridgehead atoms. The number of carboxylic acid groups (broad SMARTS) is 1. The van der Waals surface area contributed by atoms with Gasteiger partial charge in [0.1, 0.15) is 6.61 Å². The molecule has 0 saturated heterocycles. The molecule has 0 heterocycles. The lowest BCUT2D eigenvalue weighted by atomic mass is 10.1. The summed E-state index contributed by atoms with van der Waals surface area (Å²) in [7, 11) is 0. The summed E-state index contributed by atoms with van der Waals surface area (Å²) in [5.41, 5.74) is 1.01. The molecule has 0 spiro atoms. The van der Waals surface area contributed by atoms with E-state index in [2.05, 4.69) is 5.32 Å². The van der Waals surface area contributed by atoms with Crippen LogP contribution in [0.5, 0.6) is 0 Å². The summed E-state index contributed by atoms with van der Waals surface area (Å²) in [6, 6.07) is 4.65. The van der Waals surface area contributed by atoms with Crippen molar-refractivity contribution in [2.45, 2.75) is 33.3 Å². The third-order valence-electron chi connectivity index (χ3n) is 2.38. The van der Waals surface area contributed by atoms with E-state index >= 15 is 0 Å². The van der Waals surface area contributed by atoms with Crippen LogP contribution in [0.2, 0.25) is 0 Å². The maximum absolute atomic E-state index is 11.6. The van der Waals surface area contributed by atoms with Gasteiger partial charge in [0.05, 0.1) is 11.2 Å². The van der Waals surface area contributed by atoms with E-state index in [4.69, 9.17) is 9.84 Å². The summed E-state index contributed by atoms with van der Waals surface area (Å²) in [4.78, 5) is 22.5. The summed E-state index contributed by atoms with van der Waals surface area (Å²) in [5.74, 6) is -1.25. The van der Waals surface area contributed by atoms with E-state index in [9.17, 15) is 9.59 Å². The number of carboxylic acids is 1. The van der Waals surface area contributed by atoms with Crippen molar-refractivity contribution < 1.29 is 19.4 Å². The second-order valence-electron chi connectivity index (χ2n) is 5.28. The monoisotopic (exact) mass is 265 g/mol. The predicted molar refractivity (Wildman–Crippen MR) is 72.5 cm³/mol. The van der Waals surface area contributed by atoms with Crippen molar-refractivity contribution in [2.75, 3.05) is 11.9 Å². The first kappa shape index (κ1) is 15.2. The summed E-state index contributed by atoms with van der Waals surface area (Å²) in [6.45, 7) is 7.25. The van der Waals surface area contributed by atoms with Crippen molar-refractivity contribution in [3.63, 3.8) is 0 Å². The Balaban J connectivity index is 2.65. The number of ether oxygens (including phenoxy) is 1. The summed E-state index contributed by atoms with van der Waals surface area (Å²) < 4.78 is 5.35. The van der Waals surface area contributed by atoms with Gasteiger partial charge in [0.25, 0.3) is 0 Å². The van der Waals surface area contributed by atoms with Crippen molar-refractivity contribution in [3.05, 3.63) is 29.3 Å². The van der Waals surface area contributed by atoms with E-state index in [1.54, 1.807) is 19.1 Å². The molecule has 0 radical (unpaired) electrons. The van der Waals surface area contributed by atoms with Gasteiger partial charge >= 0.3 is 5.97 Å². The van der Waals surface area contributed by atoms with Crippen molar-refractivity contribution in [3.8, 4) is 0 Å². The maximum atomic E-state index is 11.6. The van der Waals surface area contributed by atoms with Crippen LogP contribution in [0.1, 0.15) is 36.7 Å². The van der Waals surface area contributed by atoms with Gasteiger partial charge in [-0.3, -0.25) is 4.79 Å². The van der Waals surface area contributed by atoms with Crippen LogP contribution >= 0.6 is 0 Å². The number of benzene rings is 1. The van der Waals surface area contributed by atoms with Crippen molar-refractivity contribution >= 4 is 17.6 Å². The Morgan fingerprint density at radius 3 is 2.42 bits per heavy atom. The van der Waals surface area contributed by atoms with Gasteiger partial charge in [-0.1, -0.05) is 0 Å². The Labute approximate surface area is 112 Å². The van der Waals surface area contributed by atoms with E-state index in [1.165, 1.54) is 6.07 Å². The quantitative estimate of drug-likeness (QED) is 0.876. The summed E-state index contributed by atoms with van der Waals surface area (Å²) in [5, 5.41) is 11.6. The minimum atomic E-state index is -0.980. The zero-order chi connectivity index (χ0) is 14.6. The molecule has 0 unspecified atom stereocenters. The molecule has 0 aliphatic heterocycles. The van der Waals surface area contributed by atoms with E-state index in [0.29, 0.717) is 11.3 Å². The standard InChI is InChI=1S/C14H19NO4/c1-9-7-10(5-6-11(9)13(17)18)15-12(16)8-19-14(2,3)4/h5-7H,8H2,1-4H3,(H,15,16)(H,17,18). The fraction of sp³-hybridized carbons (Fsp3) is 0.429. The molecule has 0 fully saturated rings. The van der Waals surface area contributed by atoms with Crippen LogP contribution in [-0.4, -0.2) is 29.2 Å². The highest BCUT2D eigenvalue weighted by Gasteiger charge is 2.13. The second-order valence-corrected chi connectivity index (χ2v) is 5.28. The first-order valence-corrected chi connectivity index (χ1v) is 5.97. The van der Waals surface area contributed by atoms with E-state index in [0.717, 1.165) is 0 Å². The van der Waals surface area contributed by atoms with Crippen molar-refractivity contribution in [2.24, 2.45) is 0 Å².